The lowest BCUT2D eigenvalue weighted by atomic mass is 10.0. The number of ketones is 1. The third kappa shape index (κ3) is 7.82. The molecule has 0 aliphatic carbocycles. The van der Waals surface area contributed by atoms with Gasteiger partial charge in [-0.1, -0.05) is 25.1 Å². The van der Waals surface area contributed by atoms with E-state index >= 15 is 0 Å². The number of carbonyl (C=O) groups is 1. The molecule has 0 saturated heterocycles. The number of thioether (sulfide) groups is 1. The fourth-order valence-corrected chi connectivity index (χ4v) is 4.63. The number of Topliss-reactive ketones (excluding diaryl/α,β-unsaturated/α-hetero) is 1. The lowest BCUT2D eigenvalue weighted by Crippen LogP contribution is -2.33. The first-order valence-electron chi connectivity index (χ1n) is 9.21. The van der Waals surface area contributed by atoms with Crippen LogP contribution in [0, 0.1) is 0 Å². The molecule has 0 heterocycles. The van der Waals surface area contributed by atoms with E-state index in [1.54, 1.807) is 0 Å². The van der Waals surface area contributed by atoms with Gasteiger partial charge in [0.25, 0.3) is 0 Å². The molecule has 176 valence electrons. The molecule has 0 aromatic heterocycles. The minimum absolute atomic E-state index is 0.144. The molecule has 0 aliphatic heterocycles. The molecule has 4 nitrogen and oxygen atoms in total. The zero-order chi connectivity index (χ0) is 24.2. The molecule has 0 fully saturated rings. The van der Waals surface area contributed by atoms with Crippen LogP contribution in [0.2, 0.25) is 0 Å². The molecular weight excluding hydrogens is 480 g/mol. The Kier molecular flexibility index (Phi) is 8.40. The quantitative estimate of drug-likeness (QED) is 0.389. The number of hydrogen-bond acceptors (Lipinski definition) is 4. The molecule has 0 saturated carbocycles. The van der Waals surface area contributed by atoms with Gasteiger partial charge in [-0.25, -0.2) is 13.1 Å². The minimum Gasteiger partial charge on any atom is -0.299 e. The van der Waals surface area contributed by atoms with Crippen molar-refractivity contribution in [2.24, 2.45) is 0 Å². The highest BCUT2D eigenvalue weighted by molar-refractivity contribution is 7.99. The molecule has 0 amide bonds. The highest BCUT2D eigenvalue weighted by Gasteiger charge is 2.31. The van der Waals surface area contributed by atoms with Crippen molar-refractivity contribution in [1.29, 1.82) is 0 Å². The average molecular weight is 499 g/mol. The molecule has 0 atom stereocenters. The Bertz CT molecular complexity index is 1070. The minimum atomic E-state index is -4.74. The molecule has 32 heavy (non-hydrogen) atoms. The number of benzene rings is 2. The lowest BCUT2D eigenvalue weighted by molar-refractivity contribution is -0.137. The molecule has 0 bridgehead atoms. The lowest BCUT2D eigenvalue weighted by Gasteiger charge is -2.13. The first-order valence-corrected chi connectivity index (χ1v) is 11.7. The molecular formula is C20H19F6NO3S2. The van der Waals surface area contributed by atoms with E-state index in [1.807, 2.05) is 6.92 Å². The molecule has 1 N–H and O–H groups in total. The van der Waals surface area contributed by atoms with Gasteiger partial charge in [0.2, 0.25) is 10.0 Å². The standard InChI is InChI=1S/C20H19F6NO3S2/c1-2-31-18-7-6-17(32(29,30)27-12-19(21,22)23)11-14(18)10-16(28)9-13-4-3-5-15(8-13)20(24,25)26/h3-8,11,27H,2,9-10,12H2,1H3. The molecule has 0 radical (unpaired) electrons. The second kappa shape index (κ2) is 10.3. The van der Waals surface area contributed by atoms with Gasteiger partial charge in [-0.05, 0) is 41.1 Å². The fourth-order valence-electron chi connectivity index (χ4n) is 2.78. The first kappa shape index (κ1) is 26.2. The van der Waals surface area contributed by atoms with Gasteiger partial charge in [-0.15, -0.1) is 11.8 Å². The predicted molar refractivity (Wildman–Crippen MR) is 108 cm³/mol. The van der Waals surface area contributed by atoms with Crippen molar-refractivity contribution in [2.75, 3.05) is 12.3 Å². The van der Waals surface area contributed by atoms with Crippen LogP contribution >= 0.6 is 11.8 Å². The fraction of sp³-hybridized carbons (Fsp3) is 0.350. The van der Waals surface area contributed by atoms with Crippen LogP contribution in [0.15, 0.2) is 52.3 Å². The van der Waals surface area contributed by atoms with Gasteiger partial charge in [-0.3, -0.25) is 4.79 Å². The Labute approximate surface area is 185 Å². The zero-order valence-electron chi connectivity index (χ0n) is 16.7. The van der Waals surface area contributed by atoms with Gasteiger partial charge in [0.05, 0.1) is 10.5 Å². The van der Waals surface area contributed by atoms with Gasteiger partial charge >= 0.3 is 12.4 Å². The molecule has 2 aromatic rings. The Hall–Kier alpha value is -2.05. The molecule has 0 unspecified atom stereocenters. The van der Waals surface area contributed by atoms with E-state index in [0.717, 1.165) is 24.3 Å². The van der Waals surface area contributed by atoms with E-state index in [-0.39, 0.29) is 24.0 Å². The van der Waals surface area contributed by atoms with E-state index in [4.69, 9.17) is 0 Å². The average Bonchev–Trinajstić information content (AvgIpc) is 2.67. The third-order valence-corrected chi connectivity index (χ3v) is 6.54. The molecule has 0 aliphatic rings. The number of hydrogen-bond donors (Lipinski definition) is 1. The highest BCUT2D eigenvalue weighted by Crippen LogP contribution is 2.30. The van der Waals surface area contributed by atoms with Gasteiger partial charge in [-0.2, -0.15) is 26.3 Å². The predicted octanol–water partition coefficient (Wildman–Crippen LogP) is 5.01. The normalized spacial score (nSPS) is 12.7. The van der Waals surface area contributed by atoms with Crippen LogP contribution in [0.4, 0.5) is 26.3 Å². The van der Waals surface area contributed by atoms with Crippen LogP contribution in [0.3, 0.4) is 0 Å². The summed E-state index contributed by atoms with van der Waals surface area (Å²) in [4.78, 5) is 12.6. The number of nitrogens with one attached hydrogen (secondary N) is 1. The Balaban J connectivity index is 2.25. The van der Waals surface area contributed by atoms with Crippen LogP contribution in [-0.4, -0.2) is 32.7 Å². The van der Waals surface area contributed by atoms with E-state index in [9.17, 15) is 39.6 Å². The summed E-state index contributed by atoms with van der Waals surface area (Å²) in [6.07, 6.45) is -9.91. The van der Waals surface area contributed by atoms with Crippen LogP contribution < -0.4 is 4.72 Å². The number of carbonyl (C=O) groups excluding carboxylic acids is 1. The summed E-state index contributed by atoms with van der Waals surface area (Å²) in [6, 6.07) is 7.94. The van der Waals surface area contributed by atoms with E-state index < -0.39 is 45.2 Å². The SMILES string of the molecule is CCSc1ccc(S(=O)(=O)NCC(F)(F)F)cc1CC(=O)Cc1cccc(C(F)(F)F)c1. The van der Waals surface area contributed by atoms with Crippen LogP contribution in [-0.2, 0) is 33.8 Å². The van der Waals surface area contributed by atoms with Gasteiger partial charge in [0.15, 0.2) is 0 Å². The Morgan fingerprint density at radius 1 is 1.00 bits per heavy atom. The second-order valence-electron chi connectivity index (χ2n) is 6.73. The van der Waals surface area contributed by atoms with Crippen molar-refractivity contribution < 1.29 is 39.6 Å². The summed E-state index contributed by atoms with van der Waals surface area (Å²) < 4.78 is 102. The van der Waals surface area contributed by atoms with Crippen molar-refractivity contribution >= 4 is 27.6 Å². The number of halogens is 6. The topological polar surface area (TPSA) is 63.2 Å². The third-order valence-electron chi connectivity index (χ3n) is 4.15. The van der Waals surface area contributed by atoms with Gasteiger partial charge in [0.1, 0.15) is 12.3 Å². The molecule has 0 spiro atoms. The van der Waals surface area contributed by atoms with E-state index in [1.165, 1.54) is 34.7 Å². The van der Waals surface area contributed by atoms with Gasteiger partial charge < -0.3 is 0 Å². The maximum absolute atomic E-state index is 12.9. The van der Waals surface area contributed by atoms with Crippen molar-refractivity contribution in [1.82, 2.24) is 4.72 Å². The maximum Gasteiger partial charge on any atom is 0.416 e. The maximum atomic E-state index is 12.9. The zero-order valence-corrected chi connectivity index (χ0v) is 18.3. The number of sulfonamides is 1. The van der Waals surface area contributed by atoms with Gasteiger partial charge in [0, 0.05) is 17.7 Å². The van der Waals surface area contributed by atoms with Crippen molar-refractivity contribution in [3.63, 3.8) is 0 Å². The monoisotopic (exact) mass is 499 g/mol. The van der Waals surface area contributed by atoms with Crippen LogP contribution in [0.5, 0.6) is 0 Å². The summed E-state index contributed by atoms with van der Waals surface area (Å²) in [6.45, 7) is 0.0685. The van der Waals surface area contributed by atoms with Crippen molar-refractivity contribution in [3.05, 3.63) is 59.2 Å². The van der Waals surface area contributed by atoms with Crippen molar-refractivity contribution in [2.45, 2.75) is 41.9 Å². The number of alkyl halides is 6. The summed E-state index contributed by atoms with van der Waals surface area (Å²) in [5.41, 5.74) is -0.484. The van der Waals surface area contributed by atoms with E-state index in [0.29, 0.717) is 10.6 Å². The van der Waals surface area contributed by atoms with Crippen LogP contribution in [0.25, 0.3) is 0 Å². The summed E-state index contributed by atoms with van der Waals surface area (Å²) in [7, 11) is -4.48. The second-order valence-corrected chi connectivity index (χ2v) is 9.81. The first-order chi connectivity index (χ1) is 14.7. The largest absolute Gasteiger partial charge is 0.416 e. The summed E-state index contributed by atoms with van der Waals surface area (Å²) in [5, 5.41) is 0. The summed E-state index contributed by atoms with van der Waals surface area (Å²) in [5.74, 6) is 0.104. The number of rotatable bonds is 9. The molecule has 2 aromatic carbocycles. The van der Waals surface area contributed by atoms with Crippen molar-refractivity contribution in [3.8, 4) is 0 Å². The van der Waals surface area contributed by atoms with Crippen LogP contribution in [0.1, 0.15) is 23.6 Å². The highest BCUT2D eigenvalue weighted by atomic mass is 32.2. The molecule has 12 heteroatoms. The Morgan fingerprint density at radius 2 is 1.69 bits per heavy atom. The van der Waals surface area contributed by atoms with E-state index in [2.05, 4.69) is 0 Å². The molecule has 2 rings (SSSR count). The summed E-state index contributed by atoms with van der Waals surface area (Å²) >= 11 is 1.30. The smallest absolute Gasteiger partial charge is 0.299 e. The Morgan fingerprint density at radius 3 is 2.28 bits per heavy atom.